The van der Waals surface area contributed by atoms with E-state index in [0.29, 0.717) is 0 Å². The molecule has 4 nitrogen and oxygen atoms in total. The Morgan fingerprint density at radius 1 is 1.50 bits per heavy atom. The van der Waals surface area contributed by atoms with Gasteiger partial charge in [-0.2, -0.15) is 0 Å². The third-order valence-electron chi connectivity index (χ3n) is 0. The van der Waals surface area contributed by atoms with Gasteiger partial charge in [-0.3, -0.25) is 0 Å². The molecule has 0 fully saturated rings. The van der Waals surface area contributed by atoms with Crippen molar-refractivity contribution in [3.05, 3.63) is 4.91 Å². The molecule has 0 rings (SSSR count). The third kappa shape index (κ3) is 6980. The van der Waals surface area contributed by atoms with Crippen molar-refractivity contribution in [3.8, 4) is 0 Å². The minimum Gasteiger partial charge on any atom is -0.412 e. The van der Waals surface area contributed by atoms with Gasteiger partial charge >= 0.3 is 0 Å². The van der Waals surface area contributed by atoms with Crippen LogP contribution in [0.1, 0.15) is 7.43 Å². The first kappa shape index (κ1) is 36.4. The van der Waals surface area contributed by atoms with Crippen molar-refractivity contribution in [1.29, 1.82) is 0 Å². The van der Waals surface area contributed by atoms with Gasteiger partial charge in [0.2, 0.25) is 0 Å². The van der Waals surface area contributed by atoms with Gasteiger partial charge < -0.3 is 10.7 Å². The molecule has 0 aliphatic heterocycles. The molecule has 38 valence electrons. The molecule has 0 heterocycles. The predicted molar refractivity (Wildman–Crippen MR) is 17.9 cm³/mol. The second-order valence-corrected chi connectivity index (χ2v) is 0.0816. The van der Waals surface area contributed by atoms with Crippen molar-refractivity contribution >= 4 is 0 Å². The fourth-order valence-corrected chi connectivity index (χ4v) is 0. The van der Waals surface area contributed by atoms with Gasteiger partial charge in [0.1, 0.15) is 0 Å². The van der Waals surface area contributed by atoms with Crippen LogP contribution in [0.25, 0.3) is 0 Å². The Hall–Kier alpha value is 0.0743. The van der Waals surface area contributed by atoms with Crippen LogP contribution in [0.3, 0.4) is 0 Å². The topological polar surface area (TPSA) is 81.2 Å². The summed E-state index contributed by atoms with van der Waals surface area (Å²) >= 11 is 0. The average molecular weight is 129 g/mol. The Morgan fingerprint density at radius 3 is 1.50 bits per heavy atom. The largest absolute Gasteiger partial charge is 0.412 e. The van der Waals surface area contributed by atoms with Gasteiger partial charge in [0.05, 0.1) is 0 Å². The molecule has 0 aromatic heterocycles. The average Bonchev–Trinajstić information content (AvgIpc) is 0.918. The van der Waals surface area contributed by atoms with Crippen molar-refractivity contribution < 1.29 is 32.4 Å². The summed E-state index contributed by atoms with van der Waals surface area (Å²) in [5, 5.41) is 7.89. The van der Waals surface area contributed by atoms with E-state index in [1.165, 1.54) is 5.34 Å². The Morgan fingerprint density at radius 2 is 1.50 bits per heavy atom. The quantitative estimate of drug-likeness (QED) is 0.282. The van der Waals surface area contributed by atoms with Crippen LogP contribution in [-0.2, 0) is 21.7 Å². The third-order valence-corrected chi connectivity index (χ3v) is 0. The number of rotatable bonds is 0. The molecule has 0 aliphatic carbocycles. The maximum Gasteiger partial charge on any atom is 0.152 e. The van der Waals surface area contributed by atoms with E-state index < -0.39 is 0 Å². The second-order valence-electron chi connectivity index (χ2n) is 0.0816. The standard InChI is InChI=1S/CH4.HNO2.H2O.Ti/c;2-1-3;;/h1H4;(H,2,3);1H2;. The van der Waals surface area contributed by atoms with E-state index in [1.54, 1.807) is 0 Å². The second kappa shape index (κ2) is 73.0. The molecule has 6 heavy (non-hydrogen) atoms. The van der Waals surface area contributed by atoms with Crippen molar-refractivity contribution in [2.75, 3.05) is 0 Å². The van der Waals surface area contributed by atoms with E-state index >= 15 is 0 Å². The first-order valence-corrected chi connectivity index (χ1v) is 0.383. The molecular weight excluding hydrogens is 122 g/mol. The SMILES string of the molecule is C.O.O=NO.[Ti]. The van der Waals surface area contributed by atoms with E-state index in [9.17, 15) is 0 Å². The molecule has 0 saturated carbocycles. The van der Waals surface area contributed by atoms with Crippen molar-refractivity contribution in [3.63, 3.8) is 0 Å². The summed E-state index contributed by atoms with van der Waals surface area (Å²) in [7, 11) is 0. The van der Waals surface area contributed by atoms with E-state index in [-0.39, 0.29) is 34.6 Å². The van der Waals surface area contributed by atoms with Crippen LogP contribution in [0.15, 0.2) is 5.34 Å². The predicted octanol–water partition coefficient (Wildman–Crippen LogP) is -0.0491. The molecule has 0 aromatic carbocycles. The van der Waals surface area contributed by atoms with E-state index in [0.717, 1.165) is 0 Å². The molecule has 5 heteroatoms. The minimum atomic E-state index is 0. The van der Waals surface area contributed by atoms with Crippen LogP contribution in [0.2, 0.25) is 0 Å². The molecule has 0 aliphatic rings. The van der Waals surface area contributed by atoms with E-state index in [1.807, 2.05) is 0 Å². The Bertz CT molecular complexity index is 18.3. The monoisotopic (exact) mass is 129 g/mol. The van der Waals surface area contributed by atoms with Crippen LogP contribution in [0, 0.1) is 4.91 Å². The smallest absolute Gasteiger partial charge is 0.152 e. The summed E-state index contributed by atoms with van der Waals surface area (Å²) in [5.74, 6) is 0. The number of nitrogens with zero attached hydrogens (tertiary/aromatic N) is 1. The Kier molecular flexibility index (Phi) is 442. The van der Waals surface area contributed by atoms with Crippen LogP contribution in [0.5, 0.6) is 0 Å². The van der Waals surface area contributed by atoms with Gasteiger partial charge in [0, 0.05) is 21.7 Å². The first-order valence-electron chi connectivity index (χ1n) is 0.383. The summed E-state index contributed by atoms with van der Waals surface area (Å²) < 4.78 is 0. The van der Waals surface area contributed by atoms with E-state index in [2.05, 4.69) is 0 Å². The molecule has 0 spiro atoms. The minimum absolute atomic E-state index is 0. The van der Waals surface area contributed by atoms with E-state index in [4.69, 9.17) is 10.1 Å². The Labute approximate surface area is 50.7 Å². The molecule has 0 bridgehead atoms. The summed E-state index contributed by atoms with van der Waals surface area (Å²) in [5.41, 5.74) is 0. The Balaban J connectivity index is -0.00000000667. The zero-order valence-electron chi connectivity index (χ0n) is 2.30. The summed E-state index contributed by atoms with van der Waals surface area (Å²) in [6.07, 6.45) is 0. The summed E-state index contributed by atoms with van der Waals surface area (Å²) in [4.78, 5) is 8.11. The molecule has 0 amide bonds. The molecule has 3 N–H and O–H groups in total. The fourth-order valence-electron chi connectivity index (χ4n) is 0. The summed E-state index contributed by atoms with van der Waals surface area (Å²) in [6, 6.07) is 0. The molecule has 0 saturated heterocycles. The molecule has 0 atom stereocenters. The van der Waals surface area contributed by atoms with Crippen LogP contribution >= 0.6 is 0 Å². The van der Waals surface area contributed by atoms with Crippen LogP contribution in [0.4, 0.5) is 0 Å². The van der Waals surface area contributed by atoms with Gasteiger partial charge in [-0.15, -0.1) is 4.91 Å². The first-order chi connectivity index (χ1) is 1.41. The van der Waals surface area contributed by atoms with Crippen LogP contribution in [-0.4, -0.2) is 10.7 Å². The molecule has 0 unspecified atom stereocenters. The molecule has 0 radical (unpaired) electrons. The van der Waals surface area contributed by atoms with Crippen molar-refractivity contribution in [2.45, 2.75) is 7.43 Å². The zero-order valence-corrected chi connectivity index (χ0v) is 3.86. The number of hydrogen-bond acceptors (Lipinski definition) is 2. The van der Waals surface area contributed by atoms with Gasteiger partial charge in [0.15, 0.2) is 5.34 Å². The van der Waals surface area contributed by atoms with Gasteiger partial charge in [-0.05, 0) is 0 Å². The summed E-state index contributed by atoms with van der Waals surface area (Å²) in [6.45, 7) is 0. The van der Waals surface area contributed by atoms with Crippen molar-refractivity contribution in [1.82, 2.24) is 0 Å². The maximum absolute atomic E-state index is 8.11. The normalized spacial score (nSPS) is 2.00. The van der Waals surface area contributed by atoms with Crippen molar-refractivity contribution in [2.24, 2.45) is 5.34 Å². The maximum atomic E-state index is 8.11. The van der Waals surface area contributed by atoms with Gasteiger partial charge in [-0.1, -0.05) is 7.43 Å². The van der Waals surface area contributed by atoms with Gasteiger partial charge in [0.25, 0.3) is 0 Å². The number of hydrogen-bond donors (Lipinski definition) is 1. The molecular formula is CH7NO3Ti. The van der Waals surface area contributed by atoms with Gasteiger partial charge in [-0.25, -0.2) is 0 Å². The molecule has 0 aromatic rings. The van der Waals surface area contributed by atoms with Crippen LogP contribution < -0.4 is 0 Å². The fraction of sp³-hybridized carbons (Fsp3) is 1.00. The zero-order chi connectivity index (χ0) is 2.71.